The molecule has 1 N–H and O–H groups in total. The minimum atomic E-state index is 0.0984. The number of hydrogen-bond acceptors (Lipinski definition) is 4. The average Bonchev–Trinajstić information content (AvgIpc) is 2.76. The van der Waals surface area contributed by atoms with E-state index < -0.39 is 0 Å². The van der Waals surface area contributed by atoms with Gasteiger partial charge in [-0.25, -0.2) is 4.98 Å². The minimum absolute atomic E-state index is 0.0984. The van der Waals surface area contributed by atoms with Crippen LogP contribution in [0.3, 0.4) is 0 Å². The number of carbonyl (C=O) groups excluding carboxylic acids is 1. The monoisotopic (exact) mass is 269 g/mol. The van der Waals surface area contributed by atoms with Gasteiger partial charge in [0.05, 0.1) is 11.6 Å². The molecule has 1 aromatic rings. The molecule has 1 rings (SSSR count). The lowest BCUT2D eigenvalue weighted by molar-refractivity contribution is -0.128. The van der Waals surface area contributed by atoms with Crippen molar-refractivity contribution in [3.8, 4) is 0 Å². The van der Waals surface area contributed by atoms with Gasteiger partial charge in [-0.05, 0) is 6.92 Å². The Kier molecular flexibility index (Phi) is 5.28. The zero-order valence-corrected chi connectivity index (χ0v) is 12.7. The van der Waals surface area contributed by atoms with Crippen molar-refractivity contribution in [1.82, 2.24) is 15.2 Å². The Labute approximate surface area is 113 Å². The van der Waals surface area contributed by atoms with Crippen molar-refractivity contribution in [2.45, 2.75) is 39.7 Å². The van der Waals surface area contributed by atoms with Crippen LogP contribution in [0, 0.1) is 0 Å². The topological polar surface area (TPSA) is 45.2 Å². The first-order valence-corrected chi connectivity index (χ1v) is 7.06. The van der Waals surface area contributed by atoms with Crippen LogP contribution in [0.15, 0.2) is 6.20 Å². The minimum Gasteiger partial charge on any atom is -0.345 e. The molecule has 102 valence electrons. The van der Waals surface area contributed by atoms with Crippen molar-refractivity contribution in [2.75, 3.05) is 20.1 Å². The Hall–Kier alpha value is -0.940. The van der Waals surface area contributed by atoms with Gasteiger partial charge in [0.2, 0.25) is 5.91 Å². The second-order valence-corrected chi connectivity index (χ2v) is 6.51. The van der Waals surface area contributed by atoms with E-state index in [1.807, 2.05) is 20.2 Å². The third-order valence-corrected chi connectivity index (χ3v) is 4.09. The van der Waals surface area contributed by atoms with E-state index in [1.165, 1.54) is 4.88 Å². The van der Waals surface area contributed by atoms with Crippen LogP contribution in [0.5, 0.6) is 0 Å². The molecule has 0 radical (unpaired) electrons. The van der Waals surface area contributed by atoms with Crippen LogP contribution >= 0.6 is 11.3 Å². The highest BCUT2D eigenvalue weighted by molar-refractivity contribution is 7.11. The Morgan fingerprint density at radius 3 is 2.67 bits per heavy atom. The third-order valence-electron chi connectivity index (χ3n) is 2.67. The maximum Gasteiger partial charge on any atom is 0.236 e. The lowest BCUT2D eigenvalue weighted by Gasteiger charge is -2.14. The summed E-state index contributed by atoms with van der Waals surface area (Å²) in [7, 11) is 1.81. The van der Waals surface area contributed by atoms with Gasteiger partial charge < -0.3 is 10.2 Å². The van der Waals surface area contributed by atoms with Gasteiger partial charge in [0, 0.05) is 36.6 Å². The molecule has 1 amide bonds. The van der Waals surface area contributed by atoms with Crippen molar-refractivity contribution >= 4 is 17.2 Å². The Balaban J connectivity index is 2.41. The molecule has 0 atom stereocenters. The van der Waals surface area contributed by atoms with E-state index in [1.54, 1.807) is 16.2 Å². The number of carbonyl (C=O) groups is 1. The lowest BCUT2D eigenvalue weighted by Crippen LogP contribution is -2.34. The van der Waals surface area contributed by atoms with E-state index in [0.29, 0.717) is 13.1 Å². The van der Waals surface area contributed by atoms with E-state index in [-0.39, 0.29) is 11.3 Å². The van der Waals surface area contributed by atoms with E-state index in [2.05, 4.69) is 31.1 Å². The second-order valence-electron chi connectivity index (χ2n) is 5.39. The van der Waals surface area contributed by atoms with Crippen LogP contribution in [0.4, 0.5) is 0 Å². The SMILES string of the molecule is CCN(C)C(=O)CNCc1cnc(C(C)(C)C)s1. The van der Waals surface area contributed by atoms with Gasteiger partial charge in [-0.3, -0.25) is 4.79 Å². The van der Waals surface area contributed by atoms with Crippen molar-refractivity contribution in [3.05, 3.63) is 16.1 Å². The number of rotatable bonds is 5. The molecule has 0 unspecified atom stereocenters. The van der Waals surface area contributed by atoms with Gasteiger partial charge >= 0.3 is 0 Å². The smallest absolute Gasteiger partial charge is 0.236 e. The molecule has 0 aliphatic rings. The van der Waals surface area contributed by atoms with Gasteiger partial charge in [-0.1, -0.05) is 20.8 Å². The molecule has 0 bridgehead atoms. The Morgan fingerprint density at radius 1 is 1.50 bits per heavy atom. The van der Waals surface area contributed by atoms with Crippen LogP contribution in [0.1, 0.15) is 37.6 Å². The largest absolute Gasteiger partial charge is 0.345 e. The molecular weight excluding hydrogens is 246 g/mol. The van der Waals surface area contributed by atoms with Crippen LogP contribution in [0.25, 0.3) is 0 Å². The molecule has 0 aromatic carbocycles. The van der Waals surface area contributed by atoms with Gasteiger partial charge in [0.25, 0.3) is 0 Å². The van der Waals surface area contributed by atoms with Crippen LogP contribution in [-0.4, -0.2) is 35.9 Å². The third kappa shape index (κ3) is 4.38. The normalized spacial score (nSPS) is 11.6. The highest BCUT2D eigenvalue weighted by Gasteiger charge is 2.17. The molecule has 18 heavy (non-hydrogen) atoms. The summed E-state index contributed by atoms with van der Waals surface area (Å²) in [5.74, 6) is 0.123. The molecule has 0 aliphatic carbocycles. The van der Waals surface area contributed by atoms with Crippen molar-refractivity contribution < 1.29 is 4.79 Å². The summed E-state index contributed by atoms with van der Waals surface area (Å²) in [4.78, 5) is 18.9. The summed E-state index contributed by atoms with van der Waals surface area (Å²) in [5.41, 5.74) is 0.0984. The first-order valence-electron chi connectivity index (χ1n) is 6.24. The number of hydrogen-bond donors (Lipinski definition) is 1. The highest BCUT2D eigenvalue weighted by atomic mass is 32.1. The first kappa shape index (κ1) is 15.1. The van der Waals surface area contributed by atoms with Crippen LogP contribution in [0.2, 0.25) is 0 Å². The molecule has 0 fully saturated rings. The molecule has 1 aromatic heterocycles. The maximum absolute atomic E-state index is 11.6. The second kappa shape index (κ2) is 6.29. The standard InChI is InChI=1S/C13H23N3OS/c1-6-16(5)11(17)9-14-7-10-8-15-12(18-10)13(2,3)4/h8,14H,6-7,9H2,1-5H3. The number of likely N-dealkylation sites (N-methyl/N-ethyl adjacent to an activating group) is 1. The number of nitrogens with zero attached hydrogens (tertiary/aromatic N) is 2. The maximum atomic E-state index is 11.6. The van der Waals surface area contributed by atoms with E-state index >= 15 is 0 Å². The predicted octanol–water partition coefficient (Wildman–Crippen LogP) is 2.01. The van der Waals surface area contributed by atoms with Crippen LogP contribution in [-0.2, 0) is 16.8 Å². The quantitative estimate of drug-likeness (QED) is 0.889. The summed E-state index contributed by atoms with van der Waals surface area (Å²) in [6.45, 7) is 10.3. The molecule has 0 saturated carbocycles. The van der Waals surface area contributed by atoms with E-state index in [0.717, 1.165) is 11.6 Å². The molecule has 4 nitrogen and oxygen atoms in total. The number of amides is 1. The van der Waals surface area contributed by atoms with Gasteiger partial charge in [-0.2, -0.15) is 0 Å². The average molecular weight is 269 g/mol. The van der Waals surface area contributed by atoms with Gasteiger partial charge in [-0.15, -0.1) is 11.3 Å². The summed E-state index contributed by atoms with van der Waals surface area (Å²) in [6.07, 6.45) is 1.90. The molecular formula is C13H23N3OS. The predicted molar refractivity (Wildman–Crippen MR) is 75.8 cm³/mol. The molecule has 5 heteroatoms. The zero-order chi connectivity index (χ0) is 13.8. The fourth-order valence-corrected chi connectivity index (χ4v) is 2.28. The van der Waals surface area contributed by atoms with E-state index in [4.69, 9.17) is 0 Å². The highest BCUT2D eigenvalue weighted by Crippen LogP contribution is 2.26. The molecule has 0 spiro atoms. The fourth-order valence-electron chi connectivity index (χ4n) is 1.34. The molecule has 0 saturated heterocycles. The summed E-state index contributed by atoms with van der Waals surface area (Å²) < 4.78 is 0. The van der Waals surface area contributed by atoms with Crippen molar-refractivity contribution in [3.63, 3.8) is 0 Å². The number of aromatic nitrogens is 1. The molecule has 1 heterocycles. The Bertz CT molecular complexity index is 395. The molecule has 0 aliphatic heterocycles. The van der Waals surface area contributed by atoms with E-state index in [9.17, 15) is 4.79 Å². The van der Waals surface area contributed by atoms with Gasteiger partial charge in [0.15, 0.2) is 0 Å². The lowest BCUT2D eigenvalue weighted by atomic mass is 9.98. The van der Waals surface area contributed by atoms with Crippen molar-refractivity contribution in [1.29, 1.82) is 0 Å². The van der Waals surface area contributed by atoms with Gasteiger partial charge in [0.1, 0.15) is 0 Å². The zero-order valence-electron chi connectivity index (χ0n) is 11.9. The summed E-state index contributed by atoms with van der Waals surface area (Å²) in [6, 6.07) is 0. The summed E-state index contributed by atoms with van der Waals surface area (Å²) >= 11 is 1.71. The number of nitrogens with one attached hydrogen (secondary N) is 1. The summed E-state index contributed by atoms with van der Waals surface area (Å²) in [5, 5.41) is 4.30. The fraction of sp³-hybridized carbons (Fsp3) is 0.692. The van der Waals surface area contributed by atoms with Crippen molar-refractivity contribution in [2.24, 2.45) is 0 Å². The van der Waals surface area contributed by atoms with Crippen LogP contribution < -0.4 is 5.32 Å². The number of thiazole rings is 1. The Morgan fingerprint density at radius 2 is 2.17 bits per heavy atom. The first-order chi connectivity index (χ1) is 8.34.